The predicted octanol–water partition coefficient (Wildman–Crippen LogP) is 3.92. The van der Waals surface area contributed by atoms with Crippen molar-refractivity contribution >= 4 is 39.3 Å². The number of ketones is 1. The summed E-state index contributed by atoms with van der Waals surface area (Å²) in [7, 11) is 0. The van der Waals surface area contributed by atoms with E-state index in [0.717, 1.165) is 39.1 Å². The number of benzene rings is 1. The van der Waals surface area contributed by atoms with Crippen LogP contribution in [0.3, 0.4) is 0 Å². The average molecular weight is 444 g/mol. The normalized spacial score (nSPS) is 13.6. The topological polar surface area (TPSA) is 52.0 Å². The summed E-state index contributed by atoms with van der Waals surface area (Å²) in [5.74, 6) is 0.0685. The number of alkyl halides is 1. The van der Waals surface area contributed by atoms with Gasteiger partial charge in [0.2, 0.25) is 0 Å². The van der Waals surface area contributed by atoms with E-state index in [0.29, 0.717) is 12.8 Å². The van der Waals surface area contributed by atoms with Gasteiger partial charge in [0.1, 0.15) is 5.78 Å². The average Bonchev–Trinajstić information content (AvgIpc) is 2.96. The summed E-state index contributed by atoms with van der Waals surface area (Å²) in [5, 5.41) is 1.03. The molecule has 126 valence electrons. The molecule has 1 atom stereocenters. The molecule has 0 bridgehead atoms. The highest BCUT2D eigenvalue weighted by Crippen LogP contribution is 2.33. The first-order valence-electron chi connectivity index (χ1n) is 8.32. The van der Waals surface area contributed by atoms with Crippen LogP contribution < -0.4 is 5.56 Å². The van der Waals surface area contributed by atoms with Crippen molar-refractivity contribution in [3.63, 3.8) is 0 Å². The lowest BCUT2D eigenvalue weighted by molar-refractivity contribution is -0.116. The lowest BCUT2D eigenvalue weighted by Gasteiger charge is -2.15. The summed E-state index contributed by atoms with van der Waals surface area (Å²) in [5.41, 5.74) is 5.19. The molecule has 0 amide bonds. The Bertz CT molecular complexity index is 1080. The minimum Gasteiger partial charge on any atom is -0.298 e. The summed E-state index contributed by atoms with van der Waals surface area (Å²) in [6.07, 6.45) is 1.23. The molecule has 5 heteroatoms. The third-order valence-electron chi connectivity index (χ3n) is 4.77. The van der Waals surface area contributed by atoms with Crippen LogP contribution in [0.25, 0.3) is 16.6 Å². The van der Waals surface area contributed by atoms with Gasteiger partial charge >= 0.3 is 0 Å². The van der Waals surface area contributed by atoms with Crippen LogP contribution in [0.5, 0.6) is 0 Å². The molecule has 4 nitrogen and oxygen atoms in total. The van der Waals surface area contributed by atoms with Crippen molar-refractivity contribution in [3.8, 4) is 5.69 Å². The number of para-hydroxylation sites is 1. The number of aromatic nitrogens is 2. The first-order valence-corrected chi connectivity index (χ1v) is 9.57. The number of pyridine rings is 2. The van der Waals surface area contributed by atoms with Gasteiger partial charge in [0, 0.05) is 23.1 Å². The van der Waals surface area contributed by atoms with E-state index in [9.17, 15) is 9.59 Å². The Morgan fingerprint density at radius 2 is 2.08 bits per heavy atom. The zero-order valence-electron chi connectivity index (χ0n) is 14.0. The number of rotatable bonds is 3. The number of hydrogen-bond acceptors (Lipinski definition) is 3. The van der Waals surface area contributed by atoms with E-state index < -0.39 is 0 Å². The van der Waals surface area contributed by atoms with Crippen LogP contribution in [0, 0.1) is 0 Å². The van der Waals surface area contributed by atoms with Crippen molar-refractivity contribution in [1.82, 2.24) is 9.55 Å². The van der Waals surface area contributed by atoms with Crippen LogP contribution in [0.4, 0.5) is 0 Å². The van der Waals surface area contributed by atoms with Crippen LogP contribution in [-0.2, 0) is 17.6 Å². The molecular formula is C20H17IN2O2. The number of hydrogen-bond donors (Lipinski definition) is 0. The van der Waals surface area contributed by atoms with E-state index in [4.69, 9.17) is 4.98 Å². The quantitative estimate of drug-likeness (QED) is 0.356. The zero-order chi connectivity index (χ0) is 17.7. The molecule has 1 aliphatic heterocycles. The van der Waals surface area contributed by atoms with Crippen LogP contribution in [0.2, 0.25) is 0 Å². The molecule has 0 saturated carbocycles. The molecule has 0 unspecified atom stereocenters. The van der Waals surface area contributed by atoms with Gasteiger partial charge in [-0.1, -0.05) is 47.7 Å². The summed E-state index contributed by atoms with van der Waals surface area (Å²) < 4.78 is 1.49. The summed E-state index contributed by atoms with van der Waals surface area (Å²) in [6, 6.07) is 12.0. The minimum atomic E-state index is -0.290. The molecule has 25 heavy (non-hydrogen) atoms. The first kappa shape index (κ1) is 16.4. The lowest BCUT2D eigenvalue weighted by Crippen LogP contribution is -2.25. The Balaban J connectivity index is 1.99. The predicted molar refractivity (Wildman–Crippen MR) is 107 cm³/mol. The molecule has 3 aromatic rings. The van der Waals surface area contributed by atoms with E-state index in [-0.39, 0.29) is 15.3 Å². The van der Waals surface area contributed by atoms with E-state index in [1.54, 1.807) is 11.5 Å². The smallest absolute Gasteiger partial charge is 0.258 e. The van der Waals surface area contributed by atoms with E-state index >= 15 is 0 Å². The molecule has 2 aromatic heterocycles. The molecule has 1 aromatic carbocycles. The fourth-order valence-corrected chi connectivity index (χ4v) is 4.11. The maximum atomic E-state index is 13.2. The van der Waals surface area contributed by atoms with Gasteiger partial charge in [0.15, 0.2) is 0 Å². The monoisotopic (exact) mass is 444 g/mol. The van der Waals surface area contributed by atoms with Crippen molar-refractivity contribution in [2.24, 2.45) is 0 Å². The standard InChI is InChI=1S/C20H17IN2O2/c1-3-14-15(19(21)11(2)24)9-13-10-17-18(23(13)20(14)25)8-12-6-4-5-7-16(12)22-17/h4-9,19H,3,10H2,1-2H3/t19-/m0/s1. The lowest BCUT2D eigenvalue weighted by atomic mass is 10.0. The van der Waals surface area contributed by atoms with Crippen LogP contribution >= 0.6 is 22.6 Å². The van der Waals surface area contributed by atoms with Crippen LogP contribution in [0.1, 0.15) is 40.3 Å². The Kier molecular flexibility index (Phi) is 3.98. The highest BCUT2D eigenvalue weighted by Gasteiger charge is 2.27. The maximum absolute atomic E-state index is 13.2. The highest BCUT2D eigenvalue weighted by molar-refractivity contribution is 14.1. The highest BCUT2D eigenvalue weighted by atomic mass is 127. The van der Waals surface area contributed by atoms with Crippen LogP contribution in [0.15, 0.2) is 41.2 Å². The second kappa shape index (κ2) is 6.05. The molecule has 0 fully saturated rings. The van der Waals surface area contributed by atoms with Crippen LogP contribution in [-0.4, -0.2) is 15.3 Å². The van der Waals surface area contributed by atoms with Crippen molar-refractivity contribution < 1.29 is 4.79 Å². The van der Waals surface area contributed by atoms with Gasteiger partial charge in [-0.05, 0) is 37.1 Å². The third-order valence-corrected chi connectivity index (χ3v) is 6.32. The first-order chi connectivity index (χ1) is 12.0. The second-order valence-corrected chi connectivity index (χ2v) is 7.61. The Hall–Kier alpha value is -2.02. The fraction of sp³-hybridized carbons (Fsp3) is 0.250. The molecule has 0 N–H and O–H groups in total. The number of Topliss-reactive ketones (excluding diaryl/α,β-unsaturated/α-hetero) is 1. The van der Waals surface area contributed by atoms with Gasteiger partial charge in [-0.25, -0.2) is 0 Å². The summed E-state index contributed by atoms with van der Waals surface area (Å²) >= 11 is 2.13. The molecule has 3 heterocycles. The van der Waals surface area contributed by atoms with Gasteiger partial charge in [0.05, 0.1) is 20.8 Å². The summed E-state index contributed by atoms with van der Waals surface area (Å²) in [4.78, 5) is 29.8. The van der Waals surface area contributed by atoms with Crippen molar-refractivity contribution in [1.29, 1.82) is 0 Å². The largest absolute Gasteiger partial charge is 0.298 e. The molecule has 0 aliphatic carbocycles. The van der Waals surface area contributed by atoms with Gasteiger partial charge in [-0.3, -0.25) is 19.1 Å². The zero-order valence-corrected chi connectivity index (χ0v) is 16.2. The molecule has 4 rings (SSSR count). The van der Waals surface area contributed by atoms with Crippen molar-refractivity contribution in [2.75, 3.05) is 0 Å². The Labute approximate surface area is 159 Å². The van der Waals surface area contributed by atoms with E-state index in [1.807, 2.05) is 43.3 Å². The number of carbonyl (C=O) groups excluding carboxylic acids is 1. The second-order valence-electron chi connectivity index (χ2n) is 6.36. The third kappa shape index (κ3) is 2.52. The SMILES string of the molecule is CCc1c([C@@H](I)C(C)=O)cc2n(c1=O)-c1cc3ccccc3nc1C2. The van der Waals surface area contributed by atoms with Crippen molar-refractivity contribution in [3.05, 3.63) is 69.3 Å². The number of halogens is 1. The fourth-order valence-electron chi connectivity index (χ4n) is 3.55. The molecule has 0 spiro atoms. The number of carbonyl (C=O) groups is 1. The molecule has 1 aliphatic rings. The molecule has 0 saturated heterocycles. The van der Waals surface area contributed by atoms with Gasteiger partial charge in [-0.2, -0.15) is 0 Å². The Morgan fingerprint density at radius 3 is 2.80 bits per heavy atom. The summed E-state index contributed by atoms with van der Waals surface area (Å²) in [6.45, 7) is 3.54. The Morgan fingerprint density at radius 1 is 1.32 bits per heavy atom. The maximum Gasteiger partial charge on any atom is 0.258 e. The number of fused-ring (bicyclic) bond motifs is 4. The number of nitrogens with zero attached hydrogens (tertiary/aromatic N) is 2. The van der Waals surface area contributed by atoms with Gasteiger partial charge in [-0.15, -0.1) is 0 Å². The minimum absolute atomic E-state index is 0.0197. The molecule has 0 radical (unpaired) electrons. The van der Waals surface area contributed by atoms with Gasteiger partial charge in [0.25, 0.3) is 5.56 Å². The van der Waals surface area contributed by atoms with Crippen molar-refractivity contribution in [2.45, 2.75) is 30.6 Å². The van der Waals surface area contributed by atoms with E-state index in [1.165, 1.54) is 0 Å². The van der Waals surface area contributed by atoms with Gasteiger partial charge < -0.3 is 0 Å². The molecular weight excluding hydrogens is 427 g/mol. The van der Waals surface area contributed by atoms with E-state index in [2.05, 4.69) is 22.6 Å².